The molecular formula is C9H20O3. The molecule has 0 aromatic carbocycles. The molecule has 3 heteroatoms. The Morgan fingerprint density at radius 3 is 2.08 bits per heavy atom. The van der Waals surface area contributed by atoms with Crippen LogP contribution in [-0.2, 0) is 14.2 Å². The minimum Gasteiger partial charge on any atom is -0.379 e. The third kappa shape index (κ3) is 6.58. The monoisotopic (exact) mass is 176 g/mol. The Balaban J connectivity index is 3.33. The number of hydrogen-bond acceptors (Lipinski definition) is 3. The van der Waals surface area contributed by atoms with Gasteiger partial charge >= 0.3 is 0 Å². The van der Waals surface area contributed by atoms with Crippen LogP contribution in [0.1, 0.15) is 27.7 Å². The smallest absolute Gasteiger partial charge is 0.162 e. The predicted octanol–water partition coefficient (Wildman–Crippen LogP) is 1.81. The largest absolute Gasteiger partial charge is 0.379 e. The van der Waals surface area contributed by atoms with Crippen molar-refractivity contribution in [2.24, 2.45) is 0 Å². The standard InChI is InChI=1S/C9H20O3/c1-5-10-7-8-12-9(3,4)11-6-2/h5-8H2,1-4H3. The Labute approximate surface area is 75.0 Å². The Morgan fingerprint density at radius 1 is 0.917 bits per heavy atom. The van der Waals surface area contributed by atoms with Crippen LogP contribution in [0.3, 0.4) is 0 Å². The highest BCUT2D eigenvalue weighted by molar-refractivity contribution is 4.52. The van der Waals surface area contributed by atoms with Gasteiger partial charge in [-0.1, -0.05) is 0 Å². The topological polar surface area (TPSA) is 27.7 Å². The Hall–Kier alpha value is -0.120. The fraction of sp³-hybridized carbons (Fsp3) is 1.00. The molecule has 74 valence electrons. The third-order valence-electron chi connectivity index (χ3n) is 1.37. The zero-order valence-electron chi connectivity index (χ0n) is 8.55. The maximum absolute atomic E-state index is 5.42. The van der Waals surface area contributed by atoms with Crippen molar-refractivity contribution in [2.75, 3.05) is 26.4 Å². The van der Waals surface area contributed by atoms with Crippen LogP contribution < -0.4 is 0 Å². The maximum atomic E-state index is 5.42. The molecule has 3 nitrogen and oxygen atoms in total. The average Bonchev–Trinajstić information content (AvgIpc) is 1.98. The van der Waals surface area contributed by atoms with Gasteiger partial charge in [0.1, 0.15) is 0 Å². The van der Waals surface area contributed by atoms with Crippen molar-refractivity contribution in [1.29, 1.82) is 0 Å². The summed E-state index contributed by atoms with van der Waals surface area (Å²) in [4.78, 5) is 0. The lowest BCUT2D eigenvalue weighted by Crippen LogP contribution is -2.29. The van der Waals surface area contributed by atoms with Crippen molar-refractivity contribution in [3.8, 4) is 0 Å². The summed E-state index contributed by atoms with van der Waals surface area (Å²) in [6.07, 6.45) is 0. The highest BCUT2D eigenvalue weighted by Gasteiger charge is 2.16. The third-order valence-corrected chi connectivity index (χ3v) is 1.37. The van der Waals surface area contributed by atoms with Crippen LogP contribution in [0.5, 0.6) is 0 Å². The van der Waals surface area contributed by atoms with E-state index in [4.69, 9.17) is 14.2 Å². The Morgan fingerprint density at radius 2 is 1.58 bits per heavy atom. The summed E-state index contributed by atoms with van der Waals surface area (Å²) in [7, 11) is 0. The van der Waals surface area contributed by atoms with Gasteiger partial charge in [-0.2, -0.15) is 0 Å². The van der Waals surface area contributed by atoms with Gasteiger partial charge in [0, 0.05) is 13.2 Å². The Bertz CT molecular complexity index is 102. The lowest BCUT2D eigenvalue weighted by atomic mass is 10.4. The molecule has 0 saturated heterocycles. The first-order valence-electron chi connectivity index (χ1n) is 4.48. The van der Waals surface area contributed by atoms with Gasteiger partial charge in [0.05, 0.1) is 13.2 Å². The van der Waals surface area contributed by atoms with E-state index >= 15 is 0 Å². The molecule has 0 spiro atoms. The molecule has 12 heavy (non-hydrogen) atoms. The summed E-state index contributed by atoms with van der Waals surface area (Å²) < 4.78 is 15.9. The van der Waals surface area contributed by atoms with Gasteiger partial charge in [-0.05, 0) is 27.7 Å². The zero-order valence-corrected chi connectivity index (χ0v) is 8.55. The summed E-state index contributed by atoms with van der Waals surface area (Å²) >= 11 is 0. The molecule has 0 atom stereocenters. The van der Waals surface area contributed by atoms with E-state index < -0.39 is 5.79 Å². The van der Waals surface area contributed by atoms with E-state index in [0.717, 1.165) is 6.61 Å². The lowest BCUT2D eigenvalue weighted by molar-refractivity contribution is -0.215. The number of hydrogen-bond donors (Lipinski definition) is 0. The Kier molecular flexibility index (Phi) is 6.34. The van der Waals surface area contributed by atoms with Crippen LogP contribution in [-0.4, -0.2) is 32.2 Å². The van der Waals surface area contributed by atoms with Crippen molar-refractivity contribution < 1.29 is 14.2 Å². The highest BCUT2D eigenvalue weighted by Crippen LogP contribution is 2.09. The van der Waals surface area contributed by atoms with Gasteiger partial charge < -0.3 is 14.2 Å². The van der Waals surface area contributed by atoms with Crippen molar-refractivity contribution in [3.05, 3.63) is 0 Å². The predicted molar refractivity (Wildman–Crippen MR) is 48.2 cm³/mol. The van der Waals surface area contributed by atoms with Crippen molar-refractivity contribution >= 4 is 0 Å². The molecule has 0 aliphatic heterocycles. The second kappa shape index (κ2) is 6.40. The summed E-state index contributed by atoms with van der Waals surface area (Å²) in [6, 6.07) is 0. The first kappa shape index (κ1) is 11.9. The van der Waals surface area contributed by atoms with Gasteiger partial charge in [-0.25, -0.2) is 0 Å². The number of ether oxygens (including phenoxy) is 3. The van der Waals surface area contributed by atoms with E-state index in [1.165, 1.54) is 0 Å². The first-order valence-corrected chi connectivity index (χ1v) is 4.48. The van der Waals surface area contributed by atoms with Crippen molar-refractivity contribution in [3.63, 3.8) is 0 Å². The minimum absolute atomic E-state index is 0.480. The fourth-order valence-electron chi connectivity index (χ4n) is 0.880. The second-order valence-electron chi connectivity index (χ2n) is 2.88. The summed E-state index contributed by atoms with van der Waals surface area (Å²) in [5, 5.41) is 0. The fourth-order valence-corrected chi connectivity index (χ4v) is 0.880. The van der Waals surface area contributed by atoms with Gasteiger partial charge in [-0.3, -0.25) is 0 Å². The van der Waals surface area contributed by atoms with E-state index in [9.17, 15) is 0 Å². The number of rotatable bonds is 7. The van der Waals surface area contributed by atoms with E-state index in [2.05, 4.69) is 0 Å². The molecule has 0 aromatic heterocycles. The van der Waals surface area contributed by atoms with Crippen LogP contribution in [0.2, 0.25) is 0 Å². The summed E-state index contributed by atoms with van der Waals surface area (Å²) in [5.41, 5.74) is 0. The first-order chi connectivity index (χ1) is 5.62. The van der Waals surface area contributed by atoms with Gasteiger partial charge in [0.2, 0.25) is 0 Å². The average molecular weight is 176 g/mol. The molecular weight excluding hydrogens is 156 g/mol. The van der Waals surface area contributed by atoms with Gasteiger partial charge in [0.15, 0.2) is 5.79 Å². The molecule has 0 aliphatic carbocycles. The second-order valence-corrected chi connectivity index (χ2v) is 2.88. The lowest BCUT2D eigenvalue weighted by Gasteiger charge is -2.24. The highest BCUT2D eigenvalue weighted by atomic mass is 16.7. The maximum Gasteiger partial charge on any atom is 0.162 e. The van der Waals surface area contributed by atoms with Gasteiger partial charge in [0.25, 0.3) is 0 Å². The molecule has 0 amide bonds. The quantitative estimate of drug-likeness (QED) is 0.437. The van der Waals surface area contributed by atoms with Crippen LogP contribution in [0.15, 0.2) is 0 Å². The van der Waals surface area contributed by atoms with Crippen molar-refractivity contribution in [1.82, 2.24) is 0 Å². The molecule has 0 N–H and O–H groups in total. The zero-order chi connectivity index (χ0) is 9.45. The minimum atomic E-state index is -0.480. The molecule has 0 heterocycles. The molecule has 0 rings (SSSR count). The van der Waals surface area contributed by atoms with E-state index in [1.807, 2.05) is 27.7 Å². The van der Waals surface area contributed by atoms with E-state index in [0.29, 0.717) is 19.8 Å². The molecule has 0 aliphatic rings. The van der Waals surface area contributed by atoms with Crippen LogP contribution >= 0.6 is 0 Å². The summed E-state index contributed by atoms with van der Waals surface area (Å²) in [6.45, 7) is 10.3. The molecule has 0 radical (unpaired) electrons. The normalized spacial score (nSPS) is 12.0. The van der Waals surface area contributed by atoms with E-state index in [1.54, 1.807) is 0 Å². The molecule has 0 unspecified atom stereocenters. The van der Waals surface area contributed by atoms with Crippen LogP contribution in [0.4, 0.5) is 0 Å². The van der Waals surface area contributed by atoms with Crippen LogP contribution in [0, 0.1) is 0 Å². The van der Waals surface area contributed by atoms with Crippen molar-refractivity contribution in [2.45, 2.75) is 33.5 Å². The van der Waals surface area contributed by atoms with Crippen LogP contribution in [0.25, 0.3) is 0 Å². The van der Waals surface area contributed by atoms with E-state index in [-0.39, 0.29) is 0 Å². The molecule has 0 bridgehead atoms. The molecule has 0 aromatic rings. The summed E-state index contributed by atoms with van der Waals surface area (Å²) in [5.74, 6) is -0.480. The SMILES string of the molecule is CCOCCOC(C)(C)OCC. The molecule has 0 fully saturated rings. The van der Waals surface area contributed by atoms with Gasteiger partial charge in [-0.15, -0.1) is 0 Å². The molecule has 0 saturated carbocycles.